The molecular weight excluding hydrogens is 310 g/mol. The van der Waals surface area contributed by atoms with Gasteiger partial charge in [-0.3, -0.25) is 4.90 Å². The van der Waals surface area contributed by atoms with Gasteiger partial charge < -0.3 is 9.47 Å². The third-order valence-corrected chi connectivity index (χ3v) is 5.74. The number of hydrogen-bond donors (Lipinski definition) is 1. The molecule has 126 valence electrons. The molecule has 3 heterocycles. The normalized spacial score (nSPS) is 19.8. The van der Waals surface area contributed by atoms with Crippen molar-refractivity contribution in [3.05, 3.63) is 57.0 Å². The van der Waals surface area contributed by atoms with Crippen LogP contribution in [0.4, 0.5) is 0 Å². The molecule has 3 aliphatic rings. The summed E-state index contributed by atoms with van der Waals surface area (Å²) in [6, 6.07) is 8.81. The van der Waals surface area contributed by atoms with Crippen LogP contribution in [0.2, 0.25) is 0 Å². The van der Waals surface area contributed by atoms with Crippen molar-refractivity contribution in [1.29, 1.82) is 0 Å². The lowest BCUT2D eigenvalue weighted by atomic mass is 9.86. The zero-order valence-corrected chi connectivity index (χ0v) is 14.7. The SMILES string of the molecule is C=c1c(C)ccc2c1=C[NH+]1CCc3cc4c(cc3C1=C2CC)OCO4. The van der Waals surface area contributed by atoms with E-state index in [0.717, 1.165) is 36.1 Å². The van der Waals surface area contributed by atoms with Gasteiger partial charge >= 0.3 is 0 Å². The average molecular weight is 332 g/mol. The number of ether oxygens (including phenoxy) is 2. The van der Waals surface area contributed by atoms with E-state index in [1.165, 1.54) is 43.6 Å². The van der Waals surface area contributed by atoms with Gasteiger partial charge in [-0.2, -0.15) is 0 Å². The molecule has 1 unspecified atom stereocenters. The van der Waals surface area contributed by atoms with Crippen LogP contribution >= 0.6 is 0 Å². The van der Waals surface area contributed by atoms with Gasteiger partial charge in [0, 0.05) is 22.8 Å². The van der Waals surface area contributed by atoms with E-state index in [2.05, 4.69) is 50.9 Å². The van der Waals surface area contributed by atoms with E-state index in [9.17, 15) is 0 Å². The van der Waals surface area contributed by atoms with Crippen LogP contribution in [-0.4, -0.2) is 13.3 Å². The summed E-state index contributed by atoms with van der Waals surface area (Å²) >= 11 is 0. The van der Waals surface area contributed by atoms with Crippen molar-refractivity contribution >= 4 is 24.0 Å². The first-order valence-electron chi connectivity index (χ1n) is 9.00. The fourth-order valence-electron chi connectivity index (χ4n) is 4.37. The summed E-state index contributed by atoms with van der Waals surface area (Å²) in [6.45, 7) is 10.1. The Balaban J connectivity index is 1.81. The van der Waals surface area contributed by atoms with Crippen molar-refractivity contribution < 1.29 is 14.4 Å². The predicted molar refractivity (Wildman–Crippen MR) is 99.6 cm³/mol. The number of allylic oxidation sites excluding steroid dienone is 1. The molecule has 0 amide bonds. The lowest BCUT2D eigenvalue weighted by Gasteiger charge is -2.30. The van der Waals surface area contributed by atoms with Crippen LogP contribution in [0.15, 0.2) is 24.3 Å². The molecule has 0 radical (unpaired) electrons. The van der Waals surface area contributed by atoms with Crippen molar-refractivity contribution in [3.63, 3.8) is 0 Å². The fourth-order valence-corrected chi connectivity index (χ4v) is 4.37. The molecule has 2 aromatic carbocycles. The van der Waals surface area contributed by atoms with Gasteiger partial charge in [-0.25, -0.2) is 0 Å². The lowest BCUT2D eigenvalue weighted by Crippen LogP contribution is -3.06. The molecule has 2 aromatic rings. The van der Waals surface area contributed by atoms with E-state index >= 15 is 0 Å². The summed E-state index contributed by atoms with van der Waals surface area (Å²) in [5.41, 5.74) is 8.11. The van der Waals surface area contributed by atoms with Crippen LogP contribution in [-0.2, 0) is 6.42 Å². The molecule has 3 nitrogen and oxygen atoms in total. The van der Waals surface area contributed by atoms with Gasteiger partial charge in [0.2, 0.25) is 6.79 Å². The number of fused-ring (bicyclic) bond motifs is 5. The van der Waals surface area contributed by atoms with E-state index in [-0.39, 0.29) is 0 Å². The summed E-state index contributed by atoms with van der Waals surface area (Å²) < 4.78 is 11.2. The average Bonchev–Trinajstić information content (AvgIpc) is 3.08. The topological polar surface area (TPSA) is 22.9 Å². The van der Waals surface area contributed by atoms with Crippen LogP contribution < -0.4 is 24.8 Å². The summed E-state index contributed by atoms with van der Waals surface area (Å²) in [6.07, 6.45) is 4.43. The van der Waals surface area contributed by atoms with Crippen LogP contribution in [0.1, 0.15) is 35.6 Å². The molecule has 0 saturated heterocycles. The predicted octanol–water partition coefficient (Wildman–Crippen LogP) is 1.60. The minimum atomic E-state index is 0.327. The van der Waals surface area contributed by atoms with E-state index in [0.29, 0.717) is 6.79 Å². The van der Waals surface area contributed by atoms with E-state index in [4.69, 9.17) is 9.47 Å². The van der Waals surface area contributed by atoms with Gasteiger partial charge in [0.25, 0.3) is 0 Å². The highest BCUT2D eigenvalue weighted by Crippen LogP contribution is 2.39. The summed E-state index contributed by atoms with van der Waals surface area (Å²) in [5, 5.41) is 2.46. The van der Waals surface area contributed by atoms with E-state index in [1.807, 2.05) is 0 Å². The Morgan fingerprint density at radius 3 is 2.72 bits per heavy atom. The molecule has 0 spiro atoms. The molecule has 3 aliphatic heterocycles. The summed E-state index contributed by atoms with van der Waals surface area (Å²) in [5.74, 6) is 1.76. The molecule has 0 aliphatic carbocycles. The first-order chi connectivity index (χ1) is 12.2. The van der Waals surface area contributed by atoms with Crippen LogP contribution in [0.25, 0.3) is 24.0 Å². The quantitative estimate of drug-likeness (QED) is 0.857. The maximum Gasteiger partial charge on any atom is 0.231 e. The van der Waals surface area contributed by atoms with Gasteiger partial charge in [-0.1, -0.05) is 25.6 Å². The smallest absolute Gasteiger partial charge is 0.231 e. The van der Waals surface area contributed by atoms with Crippen molar-refractivity contribution in [2.24, 2.45) is 0 Å². The first-order valence-corrected chi connectivity index (χ1v) is 9.00. The van der Waals surface area contributed by atoms with Gasteiger partial charge in [-0.05, 0) is 47.4 Å². The Morgan fingerprint density at radius 2 is 1.92 bits per heavy atom. The molecule has 5 rings (SSSR count). The largest absolute Gasteiger partial charge is 0.454 e. The Hall–Kier alpha value is -2.52. The van der Waals surface area contributed by atoms with E-state index in [1.54, 1.807) is 0 Å². The minimum Gasteiger partial charge on any atom is -0.454 e. The first kappa shape index (κ1) is 14.8. The number of aryl methyl sites for hydroxylation is 1. The van der Waals surface area contributed by atoms with Crippen LogP contribution in [0.5, 0.6) is 11.5 Å². The molecule has 1 N–H and O–H groups in total. The molecule has 1 atom stereocenters. The summed E-state index contributed by atoms with van der Waals surface area (Å²) in [7, 11) is 0. The Labute approximate surface area is 147 Å². The number of quaternary nitrogens is 1. The van der Waals surface area contributed by atoms with Crippen molar-refractivity contribution in [2.45, 2.75) is 26.7 Å². The van der Waals surface area contributed by atoms with Crippen molar-refractivity contribution in [2.75, 3.05) is 13.3 Å². The molecule has 0 aromatic heterocycles. The number of benzene rings is 2. The molecule has 0 saturated carbocycles. The third kappa shape index (κ3) is 2.02. The second-order valence-electron chi connectivity index (χ2n) is 7.06. The molecule has 0 fully saturated rings. The maximum atomic E-state index is 5.64. The zero-order chi connectivity index (χ0) is 17.1. The number of nitrogens with one attached hydrogen (secondary N) is 1. The Bertz CT molecular complexity index is 1050. The Morgan fingerprint density at radius 1 is 1.12 bits per heavy atom. The third-order valence-electron chi connectivity index (χ3n) is 5.74. The highest BCUT2D eigenvalue weighted by Gasteiger charge is 2.33. The highest BCUT2D eigenvalue weighted by atomic mass is 16.7. The monoisotopic (exact) mass is 332 g/mol. The fraction of sp³-hybridized carbons (Fsp3) is 0.273. The van der Waals surface area contributed by atoms with Gasteiger partial charge in [-0.15, -0.1) is 0 Å². The van der Waals surface area contributed by atoms with Gasteiger partial charge in [0.1, 0.15) is 11.9 Å². The second kappa shape index (κ2) is 5.24. The molecule has 3 heteroatoms. The second-order valence-corrected chi connectivity index (χ2v) is 7.06. The minimum absolute atomic E-state index is 0.327. The van der Waals surface area contributed by atoms with Gasteiger partial charge in [0.15, 0.2) is 11.5 Å². The maximum absolute atomic E-state index is 5.64. The van der Waals surface area contributed by atoms with Crippen molar-refractivity contribution in [3.8, 4) is 11.5 Å². The number of rotatable bonds is 1. The zero-order valence-electron chi connectivity index (χ0n) is 14.7. The summed E-state index contributed by atoms with van der Waals surface area (Å²) in [4.78, 5) is 1.44. The lowest BCUT2D eigenvalue weighted by molar-refractivity contribution is -0.737. The Kier molecular flexibility index (Phi) is 3.10. The van der Waals surface area contributed by atoms with Crippen LogP contribution in [0.3, 0.4) is 0 Å². The number of hydrogen-bond acceptors (Lipinski definition) is 2. The molecule has 25 heavy (non-hydrogen) atoms. The molecule has 0 bridgehead atoms. The standard InChI is InChI=1S/C22H21NO2/c1-4-16-17-6-5-13(2)14(3)19(17)11-23-8-7-15-9-20-21(25-12-24-20)10-18(15)22(16)23/h5-6,9-11H,3-4,7-8,12H2,1-2H3/p+1. The van der Waals surface area contributed by atoms with Gasteiger partial charge in [0.05, 0.1) is 6.54 Å². The van der Waals surface area contributed by atoms with Crippen LogP contribution in [0, 0.1) is 6.92 Å². The highest BCUT2D eigenvalue weighted by molar-refractivity contribution is 5.90. The van der Waals surface area contributed by atoms with E-state index < -0.39 is 0 Å². The van der Waals surface area contributed by atoms with Crippen molar-refractivity contribution in [1.82, 2.24) is 0 Å². The molecular formula is C22H22NO2+.